The Balaban J connectivity index is 2.01. The number of para-hydroxylation sites is 1. The molecule has 0 fully saturated rings. The largest absolute Gasteiger partial charge is 0.286 e. The highest BCUT2D eigenvalue weighted by Gasteiger charge is 2.29. The molecule has 0 bridgehead atoms. The Labute approximate surface area is 136 Å². The maximum Gasteiger partial charge on any atom is 0.244 e. The molecule has 1 heterocycles. The van der Waals surface area contributed by atoms with E-state index >= 15 is 0 Å². The van der Waals surface area contributed by atoms with E-state index in [1.54, 1.807) is 36.4 Å². The van der Waals surface area contributed by atoms with Gasteiger partial charge in [0.15, 0.2) is 5.04 Å². The lowest BCUT2D eigenvalue weighted by molar-refractivity contribution is -0.116. The fraction of sp³-hybridized carbons (Fsp3) is 0.0625. The highest BCUT2D eigenvalue weighted by atomic mass is 35.5. The molecule has 0 radical (unpaired) electrons. The number of hydrogen-bond acceptors (Lipinski definition) is 4. The van der Waals surface area contributed by atoms with Gasteiger partial charge in [-0.2, -0.15) is 10.1 Å². The molecule has 0 aliphatic carbocycles. The van der Waals surface area contributed by atoms with Crippen LogP contribution < -0.4 is 5.01 Å². The second-order valence-corrected chi connectivity index (χ2v) is 6.05. The summed E-state index contributed by atoms with van der Waals surface area (Å²) < 4.78 is 0. The van der Waals surface area contributed by atoms with E-state index in [9.17, 15) is 9.59 Å². The first kappa shape index (κ1) is 14.8. The fourth-order valence-electron chi connectivity index (χ4n) is 2.08. The van der Waals surface area contributed by atoms with Crippen molar-refractivity contribution in [3.8, 4) is 0 Å². The van der Waals surface area contributed by atoms with Crippen LogP contribution >= 0.6 is 23.4 Å². The minimum absolute atomic E-state index is 0.182. The third-order valence-corrected chi connectivity index (χ3v) is 4.46. The third-order valence-electron chi connectivity index (χ3n) is 3.10. The van der Waals surface area contributed by atoms with Gasteiger partial charge in [0.25, 0.3) is 0 Å². The number of nitrogens with zero attached hydrogens (tertiary/aromatic N) is 2. The van der Waals surface area contributed by atoms with Crippen molar-refractivity contribution >= 4 is 45.8 Å². The number of ketones is 1. The first-order valence-electron chi connectivity index (χ1n) is 6.53. The Morgan fingerprint density at radius 1 is 1.14 bits per heavy atom. The number of thioether (sulfide) groups is 1. The van der Waals surface area contributed by atoms with E-state index < -0.39 is 0 Å². The molecular formula is C16H11ClN2O2S. The molecule has 0 saturated carbocycles. The van der Waals surface area contributed by atoms with Crippen molar-refractivity contribution in [3.05, 3.63) is 59.1 Å². The third kappa shape index (κ3) is 2.65. The smallest absolute Gasteiger partial charge is 0.244 e. The van der Waals surface area contributed by atoms with Crippen LogP contribution in [-0.4, -0.2) is 16.7 Å². The molecule has 4 nitrogen and oxygen atoms in total. The molecule has 1 aliphatic rings. The molecule has 0 unspecified atom stereocenters. The zero-order chi connectivity index (χ0) is 15.7. The molecule has 1 aliphatic heterocycles. The van der Waals surface area contributed by atoms with Crippen LogP contribution in [0.3, 0.4) is 0 Å². The maximum atomic E-state index is 12.3. The van der Waals surface area contributed by atoms with Gasteiger partial charge in [0.1, 0.15) is 0 Å². The molecule has 6 heteroatoms. The molecule has 0 spiro atoms. The highest BCUT2D eigenvalue weighted by molar-refractivity contribution is 8.16. The molecule has 0 aromatic heterocycles. The molecule has 0 saturated heterocycles. The van der Waals surface area contributed by atoms with E-state index in [0.29, 0.717) is 16.3 Å². The quantitative estimate of drug-likeness (QED) is 0.782. The first-order valence-corrected chi connectivity index (χ1v) is 7.73. The number of Topliss-reactive ketones (excluding diaryl/α,β-unsaturated/α-hetero) is 1. The molecule has 0 N–H and O–H groups in total. The van der Waals surface area contributed by atoms with Gasteiger partial charge >= 0.3 is 0 Å². The summed E-state index contributed by atoms with van der Waals surface area (Å²) in [4.78, 5) is 25.1. The van der Waals surface area contributed by atoms with Gasteiger partial charge in [0.2, 0.25) is 11.7 Å². The Kier molecular flexibility index (Phi) is 4.00. The summed E-state index contributed by atoms with van der Waals surface area (Å²) in [5.41, 5.74) is 1.06. The number of anilines is 1. The molecule has 110 valence electrons. The van der Waals surface area contributed by atoms with E-state index in [1.807, 2.05) is 12.1 Å². The summed E-state index contributed by atoms with van der Waals surface area (Å²) in [6, 6.07) is 14.2. The normalized spacial score (nSPS) is 15.0. The molecule has 3 rings (SSSR count). The van der Waals surface area contributed by atoms with Crippen LogP contribution in [-0.2, 0) is 4.79 Å². The molecular weight excluding hydrogens is 320 g/mol. The fourth-order valence-corrected chi connectivity index (χ4v) is 3.25. The Morgan fingerprint density at radius 2 is 1.82 bits per heavy atom. The van der Waals surface area contributed by atoms with Crippen molar-refractivity contribution in [2.75, 3.05) is 5.01 Å². The Hall–Kier alpha value is -2.11. The van der Waals surface area contributed by atoms with Crippen molar-refractivity contribution in [2.45, 2.75) is 11.8 Å². The van der Waals surface area contributed by atoms with E-state index in [1.165, 1.54) is 18.7 Å². The summed E-state index contributed by atoms with van der Waals surface area (Å²) >= 11 is 7.37. The van der Waals surface area contributed by atoms with Gasteiger partial charge in [0.05, 0.1) is 10.7 Å². The number of fused-ring (bicyclic) bond motifs is 1. The number of hydrogen-bond donors (Lipinski definition) is 0. The van der Waals surface area contributed by atoms with Crippen molar-refractivity contribution in [1.82, 2.24) is 0 Å². The summed E-state index contributed by atoms with van der Waals surface area (Å²) in [5, 5.41) is 6.05. The first-order chi connectivity index (χ1) is 10.6. The van der Waals surface area contributed by atoms with Crippen LogP contribution in [0, 0.1) is 0 Å². The highest BCUT2D eigenvalue weighted by Crippen LogP contribution is 2.34. The van der Waals surface area contributed by atoms with Crippen LogP contribution in [0.2, 0.25) is 5.02 Å². The average molecular weight is 331 g/mol. The number of carbonyl (C=O) groups excluding carboxylic acids is 2. The monoisotopic (exact) mass is 330 g/mol. The lowest BCUT2D eigenvalue weighted by atomic mass is 10.1. The second kappa shape index (κ2) is 5.94. The maximum absolute atomic E-state index is 12.3. The predicted octanol–water partition coefficient (Wildman–Crippen LogP) is 4.00. The van der Waals surface area contributed by atoms with Gasteiger partial charge in [-0.1, -0.05) is 47.6 Å². The topological polar surface area (TPSA) is 49.7 Å². The molecule has 2 aromatic rings. The number of benzene rings is 2. The SMILES string of the molecule is CC(=O)N(N=C1Sc2ccccc2C1=O)c1ccccc1Cl. The minimum atomic E-state index is -0.315. The molecule has 2 aromatic carbocycles. The van der Waals surface area contributed by atoms with Crippen LogP contribution in [0.5, 0.6) is 0 Å². The van der Waals surface area contributed by atoms with E-state index in [2.05, 4.69) is 5.10 Å². The number of amides is 1. The van der Waals surface area contributed by atoms with E-state index in [-0.39, 0.29) is 16.7 Å². The standard InChI is InChI=1S/C16H11ClN2O2S/c1-10(20)19(13-8-4-3-7-12(13)17)18-16-15(21)11-6-2-5-9-14(11)22-16/h2-9H,1H3. The minimum Gasteiger partial charge on any atom is -0.286 e. The van der Waals surface area contributed by atoms with Crippen molar-refractivity contribution in [2.24, 2.45) is 5.10 Å². The van der Waals surface area contributed by atoms with Crippen LogP contribution in [0.4, 0.5) is 5.69 Å². The molecule has 22 heavy (non-hydrogen) atoms. The predicted molar refractivity (Wildman–Crippen MR) is 88.7 cm³/mol. The summed E-state index contributed by atoms with van der Waals surface area (Å²) in [6.45, 7) is 1.38. The number of halogens is 1. The van der Waals surface area contributed by atoms with Gasteiger partial charge < -0.3 is 0 Å². The number of carbonyl (C=O) groups is 2. The van der Waals surface area contributed by atoms with Crippen LogP contribution in [0.1, 0.15) is 17.3 Å². The lowest BCUT2D eigenvalue weighted by Crippen LogP contribution is -2.25. The Bertz CT molecular complexity index is 804. The zero-order valence-corrected chi connectivity index (χ0v) is 13.2. The van der Waals surface area contributed by atoms with Crippen molar-refractivity contribution in [3.63, 3.8) is 0 Å². The van der Waals surface area contributed by atoms with Gasteiger partial charge in [0, 0.05) is 17.4 Å². The summed E-state index contributed by atoms with van der Waals surface area (Å²) in [6.07, 6.45) is 0. The van der Waals surface area contributed by atoms with E-state index in [4.69, 9.17) is 11.6 Å². The van der Waals surface area contributed by atoms with Gasteiger partial charge in [-0.25, -0.2) is 0 Å². The Morgan fingerprint density at radius 3 is 2.50 bits per heavy atom. The average Bonchev–Trinajstić information content (AvgIpc) is 2.82. The van der Waals surface area contributed by atoms with Gasteiger partial charge in [-0.05, 0) is 24.3 Å². The number of hydrazone groups is 1. The van der Waals surface area contributed by atoms with Crippen molar-refractivity contribution in [1.29, 1.82) is 0 Å². The second-order valence-electron chi connectivity index (χ2n) is 4.61. The molecule has 1 amide bonds. The van der Waals surface area contributed by atoms with Crippen LogP contribution in [0.15, 0.2) is 58.5 Å². The van der Waals surface area contributed by atoms with E-state index in [0.717, 1.165) is 9.90 Å². The van der Waals surface area contributed by atoms with Crippen LogP contribution in [0.25, 0.3) is 0 Å². The van der Waals surface area contributed by atoms with Gasteiger partial charge in [-0.15, -0.1) is 0 Å². The van der Waals surface area contributed by atoms with Crippen molar-refractivity contribution < 1.29 is 9.59 Å². The zero-order valence-electron chi connectivity index (χ0n) is 11.6. The summed E-state index contributed by atoms with van der Waals surface area (Å²) in [5.74, 6) is -0.496. The summed E-state index contributed by atoms with van der Waals surface area (Å²) in [7, 11) is 0. The lowest BCUT2D eigenvalue weighted by Gasteiger charge is -2.16. The molecule has 0 atom stereocenters. The number of rotatable bonds is 2. The van der Waals surface area contributed by atoms with Gasteiger partial charge in [-0.3, -0.25) is 9.59 Å².